The summed E-state index contributed by atoms with van der Waals surface area (Å²) in [6.45, 7) is 3.21. The average molecular weight is 325 g/mol. The molecular formula is C14H19N3O2S2. The van der Waals surface area contributed by atoms with Gasteiger partial charge >= 0.3 is 0 Å². The molecule has 1 atom stereocenters. The maximum atomic E-state index is 12.4. The second-order valence-corrected chi connectivity index (χ2v) is 7.10. The van der Waals surface area contributed by atoms with E-state index in [1.165, 1.54) is 0 Å². The molecule has 114 valence electrons. The molecule has 3 N–H and O–H groups in total. The molecule has 0 aliphatic carbocycles. The highest BCUT2D eigenvalue weighted by molar-refractivity contribution is 7.85. The van der Waals surface area contributed by atoms with Crippen molar-refractivity contribution in [1.29, 1.82) is 0 Å². The third-order valence-electron chi connectivity index (χ3n) is 3.59. The van der Waals surface area contributed by atoms with Crippen LogP contribution in [0.1, 0.15) is 12.5 Å². The van der Waals surface area contributed by atoms with Gasteiger partial charge in [0.05, 0.1) is 11.7 Å². The summed E-state index contributed by atoms with van der Waals surface area (Å²) in [5, 5.41) is 2.88. The number of carbonyl (C=O) groups is 1. The van der Waals surface area contributed by atoms with E-state index in [9.17, 15) is 9.00 Å². The summed E-state index contributed by atoms with van der Waals surface area (Å²) < 4.78 is 11.4. The molecule has 1 fully saturated rings. The zero-order chi connectivity index (χ0) is 15.4. The second kappa shape index (κ2) is 7.11. The van der Waals surface area contributed by atoms with Crippen LogP contribution in [0.4, 0.5) is 5.69 Å². The van der Waals surface area contributed by atoms with E-state index >= 15 is 0 Å². The molecule has 1 unspecified atom stereocenters. The van der Waals surface area contributed by atoms with E-state index in [1.54, 1.807) is 12.1 Å². The van der Waals surface area contributed by atoms with E-state index in [1.807, 2.05) is 24.0 Å². The lowest BCUT2D eigenvalue weighted by Gasteiger charge is -2.31. The normalized spacial score (nSPS) is 18.1. The van der Waals surface area contributed by atoms with Crippen molar-refractivity contribution in [1.82, 2.24) is 4.90 Å². The number of amides is 1. The number of para-hydroxylation sites is 1. The lowest BCUT2D eigenvalue weighted by molar-refractivity contribution is -0.120. The monoisotopic (exact) mass is 325 g/mol. The first-order valence-corrected chi connectivity index (χ1v) is 8.67. The molecule has 2 rings (SSSR count). The van der Waals surface area contributed by atoms with Gasteiger partial charge in [-0.3, -0.25) is 13.9 Å². The van der Waals surface area contributed by atoms with Gasteiger partial charge in [0.1, 0.15) is 4.99 Å². The molecule has 5 nitrogen and oxygen atoms in total. The Hall–Kier alpha value is -1.31. The topological polar surface area (TPSA) is 75.4 Å². The van der Waals surface area contributed by atoms with Gasteiger partial charge in [0, 0.05) is 41.0 Å². The van der Waals surface area contributed by atoms with Crippen molar-refractivity contribution in [2.75, 3.05) is 29.9 Å². The number of benzene rings is 1. The summed E-state index contributed by atoms with van der Waals surface area (Å²) in [6, 6.07) is 6.94. The molecule has 7 heteroatoms. The molecule has 1 aliphatic heterocycles. The average Bonchev–Trinajstić information content (AvgIpc) is 2.47. The molecule has 1 aromatic rings. The van der Waals surface area contributed by atoms with Gasteiger partial charge in [-0.15, -0.1) is 0 Å². The number of carbonyl (C=O) groups excluding carboxylic acids is 1. The Bertz CT molecular complexity index is 567. The smallest absolute Gasteiger partial charge is 0.241 e. The van der Waals surface area contributed by atoms with Crippen molar-refractivity contribution in [3.8, 4) is 0 Å². The third kappa shape index (κ3) is 4.09. The number of nitrogens with two attached hydrogens (primary N) is 1. The Morgan fingerprint density at radius 1 is 1.38 bits per heavy atom. The van der Waals surface area contributed by atoms with Crippen LogP contribution in [0.25, 0.3) is 0 Å². The van der Waals surface area contributed by atoms with Gasteiger partial charge < -0.3 is 11.1 Å². The minimum absolute atomic E-state index is 0.105. The SMILES string of the molecule is CC(C(=O)Nc1ccccc1C(N)=S)N1CCS(=O)CC1. The molecule has 1 heterocycles. The summed E-state index contributed by atoms with van der Waals surface area (Å²) in [5.41, 5.74) is 6.95. The molecule has 21 heavy (non-hydrogen) atoms. The van der Waals surface area contributed by atoms with E-state index in [2.05, 4.69) is 5.32 Å². The van der Waals surface area contributed by atoms with Gasteiger partial charge in [-0.25, -0.2) is 0 Å². The highest BCUT2D eigenvalue weighted by Gasteiger charge is 2.25. The van der Waals surface area contributed by atoms with Gasteiger partial charge in [-0.1, -0.05) is 24.4 Å². The molecule has 0 spiro atoms. The van der Waals surface area contributed by atoms with Gasteiger partial charge in [0.2, 0.25) is 5.91 Å². The van der Waals surface area contributed by atoms with Crippen LogP contribution in [0.15, 0.2) is 24.3 Å². The van der Waals surface area contributed by atoms with Crippen LogP contribution in [0, 0.1) is 0 Å². The molecule has 1 aromatic carbocycles. The van der Waals surface area contributed by atoms with E-state index in [-0.39, 0.29) is 16.9 Å². The van der Waals surface area contributed by atoms with E-state index < -0.39 is 10.8 Å². The van der Waals surface area contributed by atoms with Crippen LogP contribution in [0.2, 0.25) is 0 Å². The lowest BCUT2D eigenvalue weighted by Crippen LogP contribution is -2.48. The van der Waals surface area contributed by atoms with Gasteiger partial charge in [0.25, 0.3) is 0 Å². The fraction of sp³-hybridized carbons (Fsp3) is 0.429. The molecular weight excluding hydrogens is 306 g/mol. The second-order valence-electron chi connectivity index (χ2n) is 4.96. The minimum atomic E-state index is -0.745. The van der Waals surface area contributed by atoms with Gasteiger partial charge in [-0.05, 0) is 19.1 Å². The molecule has 0 aromatic heterocycles. The van der Waals surface area contributed by atoms with Crippen LogP contribution >= 0.6 is 12.2 Å². The molecule has 0 saturated carbocycles. The molecule has 1 aliphatic rings. The standard InChI is InChI=1S/C14H19N3O2S2/c1-10(17-6-8-21(19)9-7-17)14(18)16-12-5-3-2-4-11(12)13(15)20/h2-5,10H,6-9H2,1H3,(H2,15,20)(H,16,18). The Morgan fingerprint density at radius 2 is 2.00 bits per heavy atom. The number of thiocarbonyl (C=S) groups is 1. The summed E-state index contributed by atoms with van der Waals surface area (Å²) in [4.78, 5) is 14.7. The molecule has 0 radical (unpaired) electrons. The van der Waals surface area contributed by atoms with Crippen LogP contribution < -0.4 is 11.1 Å². The van der Waals surface area contributed by atoms with Crippen molar-refractivity contribution in [2.24, 2.45) is 5.73 Å². The first-order chi connectivity index (χ1) is 9.99. The van der Waals surface area contributed by atoms with Crippen LogP contribution in [0.3, 0.4) is 0 Å². The maximum absolute atomic E-state index is 12.4. The number of rotatable bonds is 4. The number of anilines is 1. The molecule has 1 saturated heterocycles. The van der Waals surface area contributed by atoms with E-state index in [0.29, 0.717) is 35.8 Å². The highest BCUT2D eigenvalue weighted by Crippen LogP contribution is 2.16. The zero-order valence-electron chi connectivity index (χ0n) is 11.9. The quantitative estimate of drug-likeness (QED) is 0.798. The Kier molecular flexibility index (Phi) is 5.44. The van der Waals surface area contributed by atoms with Crippen molar-refractivity contribution in [3.63, 3.8) is 0 Å². The summed E-state index contributed by atoms with van der Waals surface area (Å²) in [7, 11) is -0.745. The number of nitrogens with zero attached hydrogens (tertiary/aromatic N) is 1. The Morgan fingerprint density at radius 3 is 2.62 bits per heavy atom. The fourth-order valence-corrected chi connectivity index (χ4v) is 3.51. The summed E-state index contributed by atoms with van der Waals surface area (Å²) >= 11 is 4.99. The van der Waals surface area contributed by atoms with Crippen LogP contribution in [-0.2, 0) is 15.6 Å². The minimum Gasteiger partial charge on any atom is -0.389 e. The van der Waals surface area contributed by atoms with E-state index in [4.69, 9.17) is 18.0 Å². The third-order valence-corrected chi connectivity index (χ3v) is 5.09. The predicted molar refractivity (Wildman–Crippen MR) is 89.9 cm³/mol. The largest absolute Gasteiger partial charge is 0.389 e. The fourth-order valence-electron chi connectivity index (χ4n) is 2.25. The lowest BCUT2D eigenvalue weighted by atomic mass is 10.1. The number of hydrogen-bond donors (Lipinski definition) is 2. The number of nitrogens with one attached hydrogen (secondary N) is 1. The predicted octanol–water partition coefficient (Wildman–Crippen LogP) is 0.712. The number of hydrogen-bond acceptors (Lipinski definition) is 4. The molecule has 0 bridgehead atoms. The highest BCUT2D eigenvalue weighted by atomic mass is 32.2. The summed E-state index contributed by atoms with van der Waals surface area (Å²) in [6.07, 6.45) is 0. The zero-order valence-corrected chi connectivity index (χ0v) is 13.5. The first kappa shape index (κ1) is 16.1. The van der Waals surface area contributed by atoms with E-state index in [0.717, 1.165) is 0 Å². The van der Waals surface area contributed by atoms with Crippen molar-refractivity contribution >= 4 is 39.6 Å². The molecule has 1 amide bonds. The Balaban J connectivity index is 2.04. The van der Waals surface area contributed by atoms with Crippen LogP contribution in [0.5, 0.6) is 0 Å². The first-order valence-electron chi connectivity index (χ1n) is 6.77. The van der Waals surface area contributed by atoms with Gasteiger partial charge in [0.15, 0.2) is 0 Å². The van der Waals surface area contributed by atoms with Gasteiger partial charge in [-0.2, -0.15) is 0 Å². The Labute approximate surface area is 132 Å². The van der Waals surface area contributed by atoms with Crippen molar-refractivity contribution < 1.29 is 9.00 Å². The maximum Gasteiger partial charge on any atom is 0.241 e. The van der Waals surface area contributed by atoms with Crippen molar-refractivity contribution in [2.45, 2.75) is 13.0 Å². The van der Waals surface area contributed by atoms with Crippen molar-refractivity contribution in [3.05, 3.63) is 29.8 Å². The summed E-state index contributed by atoms with van der Waals surface area (Å²) in [5.74, 6) is 1.15. The van der Waals surface area contributed by atoms with Crippen LogP contribution in [-0.4, -0.2) is 50.6 Å².